The van der Waals surface area contributed by atoms with Gasteiger partial charge in [0.1, 0.15) is 23.1 Å². The highest BCUT2D eigenvalue weighted by atomic mass is 19.1. The third-order valence-electron chi connectivity index (χ3n) is 3.69. The fraction of sp³-hybridized carbons (Fsp3) is 0.150. The number of benzene rings is 2. The summed E-state index contributed by atoms with van der Waals surface area (Å²) in [5.41, 5.74) is 1.76. The van der Waals surface area contributed by atoms with E-state index in [0.717, 1.165) is 11.3 Å². The molecular formula is C20H19FN4O2. The second-order valence-electron chi connectivity index (χ2n) is 5.68. The largest absolute Gasteiger partial charge is 0.494 e. The van der Waals surface area contributed by atoms with Gasteiger partial charge in [-0.25, -0.2) is 14.4 Å². The number of rotatable bonds is 7. The first-order valence-electron chi connectivity index (χ1n) is 8.48. The number of halogens is 1. The molecular weight excluding hydrogens is 347 g/mol. The van der Waals surface area contributed by atoms with Crippen molar-refractivity contribution in [2.45, 2.75) is 13.5 Å². The number of anilines is 2. The van der Waals surface area contributed by atoms with Crippen molar-refractivity contribution in [3.05, 3.63) is 78.0 Å². The first-order valence-corrected chi connectivity index (χ1v) is 8.48. The molecule has 2 aromatic carbocycles. The Morgan fingerprint density at radius 3 is 2.41 bits per heavy atom. The van der Waals surface area contributed by atoms with Gasteiger partial charge in [0.15, 0.2) is 0 Å². The number of hydrogen-bond acceptors (Lipinski definition) is 5. The monoisotopic (exact) mass is 366 g/mol. The van der Waals surface area contributed by atoms with Gasteiger partial charge in [-0.1, -0.05) is 12.1 Å². The summed E-state index contributed by atoms with van der Waals surface area (Å²) in [5.74, 6) is 0.641. The molecule has 0 aliphatic carbocycles. The molecule has 3 rings (SSSR count). The molecule has 0 aliphatic rings. The summed E-state index contributed by atoms with van der Waals surface area (Å²) in [7, 11) is 0. The first-order chi connectivity index (χ1) is 13.1. The molecule has 138 valence electrons. The SMILES string of the molecule is CCOc1ccc(NC(=O)c2cnc(NCc3ccc(F)cc3)cn2)cc1. The summed E-state index contributed by atoms with van der Waals surface area (Å²) >= 11 is 0. The zero-order valence-corrected chi connectivity index (χ0v) is 14.8. The molecule has 0 radical (unpaired) electrons. The maximum atomic E-state index is 12.9. The summed E-state index contributed by atoms with van der Waals surface area (Å²) in [5, 5.41) is 5.83. The molecule has 3 aromatic rings. The fourth-order valence-corrected chi connectivity index (χ4v) is 2.33. The summed E-state index contributed by atoms with van der Waals surface area (Å²) in [6.45, 7) is 2.97. The second-order valence-corrected chi connectivity index (χ2v) is 5.68. The molecule has 0 saturated carbocycles. The average molecular weight is 366 g/mol. The Balaban J connectivity index is 1.55. The predicted molar refractivity (Wildman–Crippen MR) is 101 cm³/mol. The number of carbonyl (C=O) groups excluding carboxylic acids is 1. The number of ether oxygens (including phenoxy) is 1. The summed E-state index contributed by atoms with van der Waals surface area (Å²) < 4.78 is 18.3. The number of amides is 1. The van der Waals surface area contributed by atoms with Crippen molar-refractivity contribution in [3.63, 3.8) is 0 Å². The van der Waals surface area contributed by atoms with Crippen molar-refractivity contribution < 1.29 is 13.9 Å². The minimum atomic E-state index is -0.350. The van der Waals surface area contributed by atoms with E-state index in [-0.39, 0.29) is 17.4 Å². The molecule has 0 spiro atoms. The third kappa shape index (κ3) is 5.24. The lowest BCUT2D eigenvalue weighted by Gasteiger charge is -2.08. The van der Waals surface area contributed by atoms with Gasteiger partial charge in [0.2, 0.25) is 0 Å². The topological polar surface area (TPSA) is 76.1 Å². The van der Waals surface area contributed by atoms with Crippen molar-refractivity contribution in [3.8, 4) is 5.75 Å². The summed E-state index contributed by atoms with van der Waals surface area (Å²) in [6, 6.07) is 13.3. The zero-order chi connectivity index (χ0) is 19.1. The highest BCUT2D eigenvalue weighted by Gasteiger charge is 2.09. The molecule has 0 fully saturated rings. The van der Waals surface area contributed by atoms with Crippen molar-refractivity contribution in [2.75, 3.05) is 17.2 Å². The molecule has 6 nitrogen and oxygen atoms in total. The Morgan fingerprint density at radius 2 is 1.78 bits per heavy atom. The van der Waals surface area contributed by atoms with Crippen LogP contribution in [0.25, 0.3) is 0 Å². The zero-order valence-electron chi connectivity index (χ0n) is 14.8. The van der Waals surface area contributed by atoms with Crippen LogP contribution in [0.5, 0.6) is 5.75 Å². The first kappa shape index (κ1) is 18.3. The lowest BCUT2D eigenvalue weighted by atomic mass is 10.2. The van der Waals surface area contributed by atoms with E-state index in [0.29, 0.717) is 24.7 Å². The van der Waals surface area contributed by atoms with Crippen LogP contribution < -0.4 is 15.4 Å². The fourth-order valence-electron chi connectivity index (χ4n) is 2.33. The van der Waals surface area contributed by atoms with Crippen LogP contribution in [0.3, 0.4) is 0 Å². The Kier molecular flexibility index (Phi) is 5.94. The van der Waals surface area contributed by atoms with Crippen molar-refractivity contribution in [1.82, 2.24) is 9.97 Å². The molecule has 1 amide bonds. The molecule has 27 heavy (non-hydrogen) atoms. The Labute approximate surface area is 156 Å². The van der Waals surface area contributed by atoms with Crippen LogP contribution in [0.1, 0.15) is 23.0 Å². The van der Waals surface area contributed by atoms with Gasteiger partial charge in [-0.05, 0) is 48.9 Å². The number of nitrogens with zero attached hydrogens (tertiary/aromatic N) is 2. The van der Waals surface area contributed by atoms with Gasteiger partial charge in [0.25, 0.3) is 5.91 Å². The number of aromatic nitrogens is 2. The second kappa shape index (κ2) is 8.75. The van der Waals surface area contributed by atoms with E-state index < -0.39 is 0 Å². The van der Waals surface area contributed by atoms with E-state index in [1.54, 1.807) is 36.4 Å². The summed E-state index contributed by atoms with van der Waals surface area (Å²) in [6.07, 6.45) is 2.88. The van der Waals surface area contributed by atoms with Crippen LogP contribution >= 0.6 is 0 Å². The molecule has 0 aliphatic heterocycles. The van der Waals surface area contributed by atoms with Crippen LogP contribution in [0.4, 0.5) is 15.9 Å². The Morgan fingerprint density at radius 1 is 1.04 bits per heavy atom. The van der Waals surface area contributed by atoms with Gasteiger partial charge >= 0.3 is 0 Å². The molecule has 1 heterocycles. The van der Waals surface area contributed by atoms with E-state index in [1.807, 2.05) is 6.92 Å². The van der Waals surface area contributed by atoms with Crippen LogP contribution in [-0.4, -0.2) is 22.5 Å². The number of carbonyl (C=O) groups is 1. The van der Waals surface area contributed by atoms with Gasteiger partial charge in [-0.2, -0.15) is 0 Å². The minimum Gasteiger partial charge on any atom is -0.494 e. The quantitative estimate of drug-likeness (QED) is 0.664. The van der Waals surface area contributed by atoms with E-state index in [1.165, 1.54) is 24.5 Å². The van der Waals surface area contributed by atoms with E-state index in [9.17, 15) is 9.18 Å². The van der Waals surface area contributed by atoms with Crippen LogP contribution in [0.15, 0.2) is 60.9 Å². The highest BCUT2D eigenvalue weighted by molar-refractivity contribution is 6.02. The predicted octanol–water partition coefficient (Wildman–Crippen LogP) is 3.88. The smallest absolute Gasteiger partial charge is 0.275 e. The minimum absolute atomic E-state index is 0.205. The maximum Gasteiger partial charge on any atom is 0.275 e. The third-order valence-corrected chi connectivity index (χ3v) is 3.69. The molecule has 0 unspecified atom stereocenters. The summed E-state index contributed by atoms with van der Waals surface area (Å²) in [4.78, 5) is 20.6. The average Bonchev–Trinajstić information content (AvgIpc) is 2.70. The van der Waals surface area contributed by atoms with E-state index in [4.69, 9.17) is 4.74 Å². The Bertz CT molecular complexity index is 881. The number of hydrogen-bond donors (Lipinski definition) is 2. The van der Waals surface area contributed by atoms with Gasteiger partial charge in [0.05, 0.1) is 19.0 Å². The lowest BCUT2D eigenvalue weighted by molar-refractivity contribution is 0.102. The lowest BCUT2D eigenvalue weighted by Crippen LogP contribution is -2.14. The van der Waals surface area contributed by atoms with Gasteiger partial charge < -0.3 is 15.4 Å². The molecule has 0 saturated heterocycles. The Hall–Kier alpha value is -3.48. The van der Waals surface area contributed by atoms with Gasteiger partial charge in [0, 0.05) is 12.2 Å². The van der Waals surface area contributed by atoms with Crippen molar-refractivity contribution in [2.24, 2.45) is 0 Å². The van der Waals surface area contributed by atoms with E-state index in [2.05, 4.69) is 20.6 Å². The van der Waals surface area contributed by atoms with Crippen molar-refractivity contribution in [1.29, 1.82) is 0 Å². The molecule has 7 heteroatoms. The van der Waals surface area contributed by atoms with Crippen LogP contribution in [0, 0.1) is 5.82 Å². The number of nitrogens with one attached hydrogen (secondary N) is 2. The van der Waals surface area contributed by atoms with Gasteiger partial charge in [-0.15, -0.1) is 0 Å². The standard InChI is InChI=1S/C20H19FN4O2/c1-2-27-17-9-7-16(8-10-17)25-20(26)18-12-24-19(13-22-18)23-11-14-3-5-15(21)6-4-14/h3-10,12-13H,2,11H2,1H3,(H,23,24)(H,25,26). The van der Waals surface area contributed by atoms with Crippen LogP contribution in [0.2, 0.25) is 0 Å². The molecule has 1 aromatic heterocycles. The normalized spacial score (nSPS) is 10.3. The van der Waals surface area contributed by atoms with Gasteiger partial charge in [-0.3, -0.25) is 4.79 Å². The van der Waals surface area contributed by atoms with E-state index >= 15 is 0 Å². The highest BCUT2D eigenvalue weighted by Crippen LogP contribution is 2.16. The molecule has 0 atom stereocenters. The molecule has 0 bridgehead atoms. The van der Waals surface area contributed by atoms with Crippen molar-refractivity contribution >= 4 is 17.4 Å². The molecule has 2 N–H and O–H groups in total. The van der Waals surface area contributed by atoms with Crippen LogP contribution in [-0.2, 0) is 6.54 Å². The maximum absolute atomic E-state index is 12.9.